The Hall–Kier alpha value is -1.55. The molecule has 2 N–H and O–H groups in total. The van der Waals surface area contributed by atoms with Crippen LogP contribution in [-0.2, 0) is 16.0 Å². The summed E-state index contributed by atoms with van der Waals surface area (Å²) in [5, 5.41) is 0. The van der Waals surface area contributed by atoms with Crippen LogP contribution in [0.4, 0.5) is 5.69 Å². The van der Waals surface area contributed by atoms with E-state index in [1.165, 1.54) is 0 Å². The van der Waals surface area contributed by atoms with Gasteiger partial charge in [-0.1, -0.05) is 12.1 Å². The van der Waals surface area contributed by atoms with E-state index in [1.54, 1.807) is 7.11 Å². The largest absolute Gasteiger partial charge is 0.399 e. The van der Waals surface area contributed by atoms with Crippen LogP contribution >= 0.6 is 0 Å². The third kappa shape index (κ3) is 4.23. The van der Waals surface area contributed by atoms with Crippen LogP contribution in [0.1, 0.15) is 24.8 Å². The number of rotatable bonds is 5. The minimum absolute atomic E-state index is 0.244. The van der Waals surface area contributed by atoms with Crippen LogP contribution in [0.5, 0.6) is 0 Å². The van der Waals surface area contributed by atoms with Crippen molar-refractivity contribution < 1.29 is 9.53 Å². The number of amides is 1. The normalized spacial score (nSPS) is 19.1. The van der Waals surface area contributed by atoms with Gasteiger partial charge in [-0.25, -0.2) is 0 Å². The molecule has 1 fully saturated rings. The Morgan fingerprint density at radius 1 is 1.50 bits per heavy atom. The zero-order valence-corrected chi connectivity index (χ0v) is 12.2. The molecular weight excluding hydrogens is 252 g/mol. The standard InChI is InChI=1S/C16H24N2O2/c1-20-12-14-5-3-9-18(11-14)16(19)8-7-13-4-2-6-15(17)10-13/h2,4,6,10,14H,3,5,7-9,11-12,17H2,1H3. The minimum atomic E-state index is 0.244. The highest BCUT2D eigenvalue weighted by molar-refractivity contribution is 5.76. The smallest absolute Gasteiger partial charge is 0.222 e. The van der Waals surface area contributed by atoms with Gasteiger partial charge in [0.25, 0.3) is 0 Å². The van der Waals surface area contributed by atoms with Crippen LogP contribution in [0.3, 0.4) is 0 Å². The summed E-state index contributed by atoms with van der Waals surface area (Å²) in [5.74, 6) is 0.735. The lowest BCUT2D eigenvalue weighted by molar-refractivity contribution is -0.133. The number of nitrogens with zero attached hydrogens (tertiary/aromatic N) is 1. The summed E-state index contributed by atoms with van der Waals surface area (Å²) in [7, 11) is 1.72. The van der Waals surface area contributed by atoms with Crippen LogP contribution in [-0.4, -0.2) is 37.6 Å². The van der Waals surface area contributed by atoms with Gasteiger partial charge >= 0.3 is 0 Å². The highest BCUT2D eigenvalue weighted by Crippen LogP contribution is 2.18. The van der Waals surface area contributed by atoms with Crippen molar-refractivity contribution in [1.82, 2.24) is 4.90 Å². The molecule has 0 saturated carbocycles. The Bertz CT molecular complexity index is 446. The van der Waals surface area contributed by atoms with Gasteiger partial charge in [0.05, 0.1) is 6.61 Å². The van der Waals surface area contributed by atoms with Crippen molar-refractivity contribution in [1.29, 1.82) is 0 Å². The summed E-state index contributed by atoms with van der Waals surface area (Å²) in [6.07, 6.45) is 3.56. The number of piperidine rings is 1. The predicted octanol–water partition coefficient (Wildman–Crippen LogP) is 2.09. The summed E-state index contributed by atoms with van der Waals surface area (Å²) in [6, 6.07) is 7.76. The number of methoxy groups -OCH3 is 1. The van der Waals surface area contributed by atoms with E-state index < -0.39 is 0 Å². The van der Waals surface area contributed by atoms with Gasteiger partial charge in [0.2, 0.25) is 5.91 Å². The van der Waals surface area contributed by atoms with Crippen molar-refractivity contribution in [2.75, 3.05) is 32.5 Å². The monoisotopic (exact) mass is 276 g/mol. The van der Waals surface area contributed by atoms with Gasteiger partial charge < -0.3 is 15.4 Å². The molecule has 1 amide bonds. The molecule has 20 heavy (non-hydrogen) atoms. The molecule has 1 saturated heterocycles. The number of hydrogen-bond donors (Lipinski definition) is 1. The van der Waals surface area contributed by atoms with Crippen molar-refractivity contribution in [3.63, 3.8) is 0 Å². The fourth-order valence-electron chi connectivity index (χ4n) is 2.82. The fraction of sp³-hybridized carbons (Fsp3) is 0.562. The number of likely N-dealkylation sites (tertiary alicyclic amines) is 1. The Balaban J connectivity index is 1.82. The maximum atomic E-state index is 12.3. The van der Waals surface area contributed by atoms with Crippen molar-refractivity contribution in [3.05, 3.63) is 29.8 Å². The Morgan fingerprint density at radius 2 is 2.35 bits per heavy atom. The first-order valence-corrected chi connectivity index (χ1v) is 7.30. The van der Waals surface area contributed by atoms with E-state index in [0.717, 1.165) is 50.2 Å². The van der Waals surface area contributed by atoms with Gasteiger partial charge in [-0.05, 0) is 42.9 Å². The van der Waals surface area contributed by atoms with E-state index in [-0.39, 0.29) is 5.91 Å². The van der Waals surface area contributed by atoms with E-state index in [0.29, 0.717) is 12.3 Å². The second-order valence-electron chi connectivity index (χ2n) is 5.55. The van der Waals surface area contributed by atoms with Crippen molar-refractivity contribution in [2.24, 2.45) is 5.92 Å². The first-order valence-electron chi connectivity index (χ1n) is 7.30. The average Bonchev–Trinajstić information content (AvgIpc) is 2.45. The zero-order chi connectivity index (χ0) is 14.4. The van der Waals surface area contributed by atoms with Crippen molar-refractivity contribution >= 4 is 11.6 Å². The SMILES string of the molecule is COCC1CCCN(C(=O)CCc2cccc(N)c2)C1. The molecule has 1 aromatic rings. The number of aryl methyl sites for hydroxylation is 1. The van der Waals surface area contributed by atoms with E-state index in [9.17, 15) is 4.79 Å². The predicted molar refractivity (Wildman–Crippen MR) is 80.4 cm³/mol. The van der Waals surface area contributed by atoms with Gasteiger partial charge in [0, 0.05) is 32.3 Å². The highest BCUT2D eigenvalue weighted by atomic mass is 16.5. The number of carbonyl (C=O) groups is 1. The lowest BCUT2D eigenvalue weighted by Gasteiger charge is -2.32. The molecule has 1 aliphatic heterocycles. The molecule has 0 bridgehead atoms. The molecule has 2 rings (SSSR count). The van der Waals surface area contributed by atoms with Gasteiger partial charge in [-0.2, -0.15) is 0 Å². The maximum Gasteiger partial charge on any atom is 0.222 e. The lowest BCUT2D eigenvalue weighted by atomic mass is 9.98. The van der Waals surface area contributed by atoms with Crippen LogP contribution in [0.25, 0.3) is 0 Å². The Kier molecular flexibility index (Phi) is 5.41. The summed E-state index contributed by atoms with van der Waals surface area (Å²) in [6.45, 7) is 2.47. The van der Waals surface area contributed by atoms with Crippen molar-refractivity contribution in [2.45, 2.75) is 25.7 Å². The molecule has 4 nitrogen and oxygen atoms in total. The maximum absolute atomic E-state index is 12.3. The number of nitrogens with two attached hydrogens (primary N) is 1. The average molecular weight is 276 g/mol. The number of nitrogen functional groups attached to an aromatic ring is 1. The van der Waals surface area contributed by atoms with E-state index in [4.69, 9.17) is 10.5 Å². The topological polar surface area (TPSA) is 55.6 Å². The molecule has 110 valence electrons. The van der Waals surface area contributed by atoms with Gasteiger partial charge in [-0.3, -0.25) is 4.79 Å². The van der Waals surface area contributed by atoms with Crippen LogP contribution in [0, 0.1) is 5.92 Å². The van der Waals surface area contributed by atoms with Crippen LogP contribution < -0.4 is 5.73 Å². The van der Waals surface area contributed by atoms with E-state index >= 15 is 0 Å². The first-order chi connectivity index (χ1) is 9.69. The third-order valence-electron chi connectivity index (χ3n) is 3.85. The van der Waals surface area contributed by atoms with E-state index in [1.807, 2.05) is 29.2 Å². The molecule has 1 unspecified atom stereocenters. The summed E-state index contributed by atoms with van der Waals surface area (Å²) >= 11 is 0. The molecule has 0 aromatic heterocycles. The summed E-state index contributed by atoms with van der Waals surface area (Å²) < 4.78 is 5.20. The minimum Gasteiger partial charge on any atom is -0.399 e. The van der Waals surface area contributed by atoms with Crippen LogP contribution in [0.2, 0.25) is 0 Å². The molecule has 1 atom stereocenters. The summed E-state index contributed by atoms with van der Waals surface area (Å²) in [4.78, 5) is 14.2. The fourth-order valence-corrected chi connectivity index (χ4v) is 2.82. The number of carbonyl (C=O) groups excluding carboxylic acids is 1. The third-order valence-corrected chi connectivity index (χ3v) is 3.85. The first kappa shape index (κ1) is 14.9. The molecule has 1 heterocycles. The molecule has 1 aliphatic rings. The molecule has 0 radical (unpaired) electrons. The second kappa shape index (κ2) is 7.29. The lowest BCUT2D eigenvalue weighted by Crippen LogP contribution is -2.41. The van der Waals surface area contributed by atoms with Gasteiger partial charge in [0.1, 0.15) is 0 Å². The number of benzene rings is 1. The summed E-state index contributed by atoms with van der Waals surface area (Å²) in [5.41, 5.74) is 7.64. The number of ether oxygens (including phenoxy) is 1. The highest BCUT2D eigenvalue weighted by Gasteiger charge is 2.23. The zero-order valence-electron chi connectivity index (χ0n) is 12.2. The molecule has 0 aliphatic carbocycles. The molecular formula is C16H24N2O2. The number of anilines is 1. The second-order valence-corrected chi connectivity index (χ2v) is 5.55. The molecule has 0 spiro atoms. The quantitative estimate of drug-likeness (QED) is 0.838. The van der Waals surface area contributed by atoms with Gasteiger partial charge in [-0.15, -0.1) is 0 Å². The van der Waals surface area contributed by atoms with Crippen molar-refractivity contribution in [3.8, 4) is 0 Å². The van der Waals surface area contributed by atoms with Crippen LogP contribution in [0.15, 0.2) is 24.3 Å². The number of hydrogen-bond acceptors (Lipinski definition) is 3. The van der Waals surface area contributed by atoms with Gasteiger partial charge in [0.15, 0.2) is 0 Å². The van der Waals surface area contributed by atoms with E-state index in [2.05, 4.69) is 0 Å². The molecule has 1 aromatic carbocycles. The Labute approximate surface area is 120 Å². The molecule has 4 heteroatoms. The Morgan fingerprint density at radius 3 is 3.10 bits per heavy atom.